The Morgan fingerprint density at radius 3 is 2.81 bits per heavy atom. The Hall–Kier alpha value is -2.25. The quantitative estimate of drug-likeness (QED) is 0.719. The van der Waals surface area contributed by atoms with Gasteiger partial charge in [-0.1, -0.05) is 12.1 Å². The summed E-state index contributed by atoms with van der Waals surface area (Å²) in [6.07, 6.45) is 4.26. The topological polar surface area (TPSA) is 88.8 Å². The van der Waals surface area contributed by atoms with Crippen LogP contribution in [0.2, 0.25) is 0 Å². The molecule has 1 fully saturated rings. The largest absolute Gasteiger partial charge is 0.478 e. The lowest BCUT2D eigenvalue weighted by Gasteiger charge is -2.15. The molecule has 2 unspecified atom stereocenters. The fourth-order valence-electron chi connectivity index (χ4n) is 3.11. The maximum absolute atomic E-state index is 12.7. The number of ether oxygens (including phenoxy) is 1. The monoisotopic (exact) mass is 375 g/mol. The van der Waals surface area contributed by atoms with Crippen molar-refractivity contribution >= 4 is 23.6 Å². The predicted molar refractivity (Wildman–Crippen MR) is 97.6 cm³/mol. The van der Waals surface area contributed by atoms with Crippen molar-refractivity contribution < 1.29 is 23.8 Å². The number of aromatic carboxylic acids is 1. The standard InChI is InChI=1S/C19H21NO5S/c1-24-13-7-6-12(10-13)20-18(21)15-4-2-3-5-17(15)26-11-16-14(19(22)23)8-9-25-16/h2-5,8-9,12-13H,6-7,10-11H2,1H3,(H,20,21)(H,22,23). The molecule has 0 saturated heterocycles. The van der Waals surface area contributed by atoms with E-state index in [9.17, 15) is 9.59 Å². The van der Waals surface area contributed by atoms with Crippen molar-refractivity contribution in [2.45, 2.75) is 42.1 Å². The van der Waals surface area contributed by atoms with Crippen molar-refractivity contribution in [3.63, 3.8) is 0 Å². The minimum atomic E-state index is -1.02. The maximum Gasteiger partial charge on any atom is 0.339 e. The molecule has 2 N–H and O–H groups in total. The molecule has 3 rings (SSSR count). The third-order valence-corrected chi connectivity index (χ3v) is 5.59. The first-order chi connectivity index (χ1) is 12.6. The van der Waals surface area contributed by atoms with Crippen LogP contribution in [0.3, 0.4) is 0 Å². The average molecular weight is 375 g/mol. The van der Waals surface area contributed by atoms with Crippen LogP contribution in [-0.2, 0) is 10.5 Å². The van der Waals surface area contributed by atoms with Gasteiger partial charge >= 0.3 is 5.97 Å². The van der Waals surface area contributed by atoms with Gasteiger partial charge in [0, 0.05) is 18.0 Å². The zero-order valence-corrected chi connectivity index (χ0v) is 15.3. The van der Waals surface area contributed by atoms with Crippen LogP contribution < -0.4 is 5.32 Å². The molecule has 1 aliphatic carbocycles. The van der Waals surface area contributed by atoms with Gasteiger partial charge in [-0.3, -0.25) is 4.79 Å². The van der Waals surface area contributed by atoms with E-state index in [1.807, 2.05) is 18.2 Å². The molecular formula is C19H21NO5S. The molecule has 0 spiro atoms. The predicted octanol–water partition coefficient (Wildman–Crippen LogP) is 3.57. The molecule has 2 aromatic rings. The minimum Gasteiger partial charge on any atom is -0.478 e. The summed E-state index contributed by atoms with van der Waals surface area (Å²) in [4.78, 5) is 24.6. The molecule has 7 heteroatoms. The molecule has 26 heavy (non-hydrogen) atoms. The second-order valence-corrected chi connectivity index (χ2v) is 7.21. The number of nitrogens with one attached hydrogen (secondary N) is 1. The number of methoxy groups -OCH3 is 1. The van der Waals surface area contributed by atoms with Gasteiger partial charge in [-0.25, -0.2) is 4.79 Å². The summed E-state index contributed by atoms with van der Waals surface area (Å²) >= 11 is 1.39. The van der Waals surface area contributed by atoms with E-state index in [-0.39, 0.29) is 23.6 Å². The summed E-state index contributed by atoms with van der Waals surface area (Å²) in [5.41, 5.74) is 0.734. The molecule has 138 valence electrons. The number of amides is 1. The fraction of sp³-hybridized carbons (Fsp3) is 0.368. The summed E-state index contributed by atoms with van der Waals surface area (Å²) < 4.78 is 10.6. The van der Waals surface area contributed by atoms with E-state index in [0.717, 1.165) is 24.2 Å². The first kappa shape index (κ1) is 18.5. The highest BCUT2D eigenvalue weighted by Gasteiger charge is 2.26. The second kappa shape index (κ2) is 8.42. The molecule has 1 saturated carbocycles. The minimum absolute atomic E-state index is 0.118. The normalized spacial score (nSPS) is 19.4. The maximum atomic E-state index is 12.7. The number of furan rings is 1. The van der Waals surface area contributed by atoms with Crippen LogP contribution in [0.15, 0.2) is 45.9 Å². The van der Waals surface area contributed by atoms with Crippen LogP contribution in [-0.4, -0.2) is 36.2 Å². The smallest absolute Gasteiger partial charge is 0.339 e. The zero-order chi connectivity index (χ0) is 18.5. The van der Waals surface area contributed by atoms with Crippen LogP contribution in [0.4, 0.5) is 0 Å². The molecule has 1 heterocycles. The summed E-state index contributed by atoms with van der Waals surface area (Å²) in [5.74, 6) is -0.410. The van der Waals surface area contributed by atoms with E-state index in [4.69, 9.17) is 14.3 Å². The molecule has 1 amide bonds. The Kier molecular flexibility index (Phi) is 6.00. The molecule has 2 atom stereocenters. The van der Waals surface area contributed by atoms with Crippen LogP contribution in [0, 0.1) is 0 Å². The molecule has 0 aliphatic heterocycles. The number of carbonyl (C=O) groups excluding carboxylic acids is 1. The van der Waals surface area contributed by atoms with E-state index in [1.165, 1.54) is 24.1 Å². The number of carboxylic acid groups (broad SMARTS) is 1. The Bertz CT molecular complexity index is 788. The molecule has 1 aliphatic rings. The Morgan fingerprint density at radius 2 is 2.08 bits per heavy atom. The number of hydrogen-bond donors (Lipinski definition) is 2. The summed E-state index contributed by atoms with van der Waals surface area (Å²) in [6.45, 7) is 0. The first-order valence-corrected chi connectivity index (χ1v) is 9.42. The second-order valence-electron chi connectivity index (χ2n) is 6.19. The van der Waals surface area contributed by atoms with Crippen molar-refractivity contribution in [3.8, 4) is 0 Å². The average Bonchev–Trinajstić information content (AvgIpc) is 3.29. The fourth-order valence-corrected chi connectivity index (χ4v) is 4.12. The highest BCUT2D eigenvalue weighted by Crippen LogP contribution is 2.29. The van der Waals surface area contributed by atoms with Gasteiger partial charge in [-0.2, -0.15) is 0 Å². The van der Waals surface area contributed by atoms with Crippen LogP contribution >= 0.6 is 11.8 Å². The van der Waals surface area contributed by atoms with Gasteiger partial charge < -0.3 is 19.6 Å². The number of carboxylic acids is 1. The number of rotatable bonds is 7. The lowest BCUT2D eigenvalue weighted by Crippen LogP contribution is -2.33. The molecule has 1 aromatic heterocycles. The van der Waals surface area contributed by atoms with Gasteiger partial charge in [-0.15, -0.1) is 11.8 Å². The van der Waals surface area contributed by atoms with Gasteiger partial charge in [0.05, 0.1) is 23.7 Å². The highest BCUT2D eigenvalue weighted by atomic mass is 32.2. The highest BCUT2D eigenvalue weighted by molar-refractivity contribution is 7.98. The van der Waals surface area contributed by atoms with E-state index >= 15 is 0 Å². The van der Waals surface area contributed by atoms with Gasteiger partial charge in [-0.05, 0) is 37.5 Å². The van der Waals surface area contributed by atoms with Crippen LogP contribution in [0.5, 0.6) is 0 Å². The van der Waals surface area contributed by atoms with Crippen molar-refractivity contribution in [1.29, 1.82) is 0 Å². The Morgan fingerprint density at radius 1 is 1.27 bits per heavy atom. The SMILES string of the molecule is COC1CCC(NC(=O)c2ccccc2SCc2occc2C(=O)O)C1. The zero-order valence-electron chi connectivity index (χ0n) is 14.4. The lowest BCUT2D eigenvalue weighted by molar-refractivity contribution is 0.0694. The molecule has 1 aromatic carbocycles. The van der Waals surface area contributed by atoms with E-state index in [1.54, 1.807) is 13.2 Å². The Balaban J connectivity index is 1.67. The molecular weight excluding hydrogens is 354 g/mol. The van der Waals surface area contributed by atoms with Crippen LogP contribution in [0.1, 0.15) is 45.7 Å². The lowest BCUT2D eigenvalue weighted by atomic mass is 10.2. The van der Waals surface area contributed by atoms with E-state index < -0.39 is 5.97 Å². The first-order valence-electron chi connectivity index (χ1n) is 8.43. The summed E-state index contributed by atoms with van der Waals surface area (Å²) in [6, 6.07) is 8.87. The van der Waals surface area contributed by atoms with Crippen LogP contribution in [0.25, 0.3) is 0 Å². The summed E-state index contributed by atoms with van der Waals surface area (Å²) in [7, 11) is 1.70. The van der Waals surface area contributed by atoms with Gasteiger partial charge in [0.2, 0.25) is 0 Å². The number of carbonyl (C=O) groups is 2. The molecule has 0 bridgehead atoms. The van der Waals surface area contributed by atoms with Crippen molar-refractivity contribution in [2.75, 3.05) is 7.11 Å². The van der Waals surface area contributed by atoms with Crippen molar-refractivity contribution in [3.05, 3.63) is 53.5 Å². The van der Waals surface area contributed by atoms with E-state index in [2.05, 4.69) is 5.32 Å². The van der Waals surface area contributed by atoms with Crippen molar-refractivity contribution in [1.82, 2.24) is 5.32 Å². The molecule has 0 radical (unpaired) electrons. The van der Waals surface area contributed by atoms with Gasteiger partial charge in [0.15, 0.2) is 0 Å². The number of benzene rings is 1. The summed E-state index contributed by atoms with van der Waals surface area (Å²) in [5, 5.41) is 12.2. The van der Waals surface area contributed by atoms with Crippen molar-refractivity contribution in [2.24, 2.45) is 0 Å². The van der Waals surface area contributed by atoms with Gasteiger partial charge in [0.1, 0.15) is 11.3 Å². The Labute approximate surface area is 155 Å². The third kappa shape index (κ3) is 4.28. The van der Waals surface area contributed by atoms with E-state index in [0.29, 0.717) is 17.1 Å². The van der Waals surface area contributed by atoms with Gasteiger partial charge in [0.25, 0.3) is 5.91 Å². The number of thioether (sulfide) groups is 1. The third-order valence-electron chi connectivity index (χ3n) is 4.52. The molecule has 6 nitrogen and oxygen atoms in total. The number of hydrogen-bond acceptors (Lipinski definition) is 5.